The molecular weight excluding hydrogens is 318 g/mol. The third-order valence-corrected chi connectivity index (χ3v) is 6.24. The molecule has 0 amide bonds. The van der Waals surface area contributed by atoms with Gasteiger partial charge in [-0.15, -0.1) is 11.3 Å². The molecule has 3 N–H and O–H groups in total. The van der Waals surface area contributed by atoms with Crippen molar-refractivity contribution in [2.75, 3.05) is 5.73 Å². The van der Waals surface area contributed by atoms with Gasteiger partial charge in [0.05, 0.1) is 11.4 Å². The second kappa shape index (κ2) is 5.98. The Kier molecular flexibility index (Phi) is 4.20. The van der Waals surface area contributed by atoms with Crippen LogP contribution < -0.4 is 10.5 Å². The molecule has 2 aromatic rings. The zero-order valence-electron chi connectivity index (χ0n) is 12.4. The van der Waals surface area contributed by atoms with Crippen molar-refractivity contribution >= 4 is 26.5 Å². The van der Waals surface area contributed by atoms with Gasteiger partial charge in [0.1, 0.15) is 0 Å². The predicted molar refractivity (Wildman–Crippen MR) is 89.3 cm³/mol. The van der Waals surface area contributed by atoms with Gasteiger partial charge in [-0.25, -0.2) is 18.1 Å². The molecular formula is C15H19N3O2S2. The summed E-state index contributed by atoms with van der Waals surface area (Å²) < 4.78 is 27.6. The van der Waals surface area contributed by atoms with Crippen molar-refractivity contribution in [2.45, 2.75) is 38.0 Å². The maximum Gasteiger partial charge on any atom is 0.216 e. The summed E-state index contributed by atoms with van der Waals surface area (Å²) in [5.74, 6) is 0.0217. The molecule has 118 valence electrons. The molecule has 0 spiro atoms. The summed E-state index contributed by atoms with van der Waals surface area (Å²) in [6.07, 6.45) is 2.22. The molecule has 1 atom stereocenters. The molecule has 0 aliphatic heterocycles. The number of nitrogens with one attached hydrogen (secondary N) is 1. The maximum absolute atomic E-state index is 12.4. The molecule has 1 aliphatic carbocycles. The van der Waals surface area contributed by atoms with Crippen LogP contribution in [0.5, 0.6) is 0 Å². The highest BCUT2D eigenvalue weighted by atomic mass is 32.2. The fourth-order valence-electron chi connectivity index (χ4n) is 2.77. The summed E-state index contributed by atoms with van der Waals surface area (Å²) >= 11 is 1.46. The van der Waals surface area contributed by atoms with E-state index in [9.17, 15) is 8.42 Å². The summed E-state index contributed by atoms with van der Waals surface area (Å²) in [7, 11) is -3.35. The second-order valence-corrected chi connectivity index (χ2v) is 8.53. The summed E-state index contributed by atoms with van der Waals surface area (Å²) in [6.45, 7) is 1.93. The van der Waals surface area contributed by atoms with Crippen molar-refractivity contribution in [3.8, 4) is 0 Å². The van der Waals surface area contributed by atoms with E-state index < -0.39 is 10.0 Å². The molecule has 1 aliphatic rings. The van der Waals surface area contributed by atoms with Gasteiger partial charge in [0.25, 0.3) is 0 Å². The molecule has 0 bridgehead atoms. The first-order valence-corrected chi connectivity index (χ1v) is 9.68. The first kappa shape index (κ1) is 15.5. The van der Waals surface area contributed by atoms with Crippen LogP contribution in [0.4, 0.5) is 5.13 Å². The second-order valence-electron chi connectivity index (χ2n) is 5.67. The quantitative estimate of drug-likeness (QED) is 0.894. The van der Waals surface area contributed by atoms with Crippen LogP contribution in [-0.2, 0) is 28.6 Å². The third-order valence-electron chi connectivity index (χ3n) is 3.91. The molecule has 1 unspecified atom stereocenters. The number of fused-ring (bicyclic) bond motifs is 1. The van der Waals surface area contributed by atoms with Crippen molar-refractivity contribution in [3.05, 3.63) is 46.0 Å². The minimum absolute atomic E-state index is 0.0217. The maximum atomic E-state index is 12.4. The van der Waals surface area contributed by atoms with Gasteiger partial charge in [-0.2, -0.15) is 0 Å². The Labute approximate surface area is 134 Å². The lowest BCUT2D eigenvalue weighted by Gasteiger charge is -2.22. The number of anilines is 1. The van der Waals surface area contributed by atoms with E-state index in [4.69, 9.17) is 5.73 Å². The number of hydrogen-bond acceptors (Lipinski definition) is 5. The Morgan fingerprint density at radius 1 is 1.41 bits per heavy atom. The molecule has 1 aromatic heterocycles. The Balaban J connectivity index is 1.69. The largest absolute Gasteiger partial charge is 0.375 e. The number of aromatic nitrogens is 1. The van der Waals surface area contributed by atoms with E-state index in [1.165, 1.54) is 11.3 Å². The number of thiazole rings is 1. The van der Waals surface area contributed by atoms with Gasteiger partial charge in [-0.3, -0.25) is 0 Å². The van der Waals surface area contributed by atoms with Crippen molar-refractivity contribution in [2.24, 2.45) is 0 Å². The lowest BCUT2D eigenvalue weighted by molar-refractivity contribution is 0.507. The minimum Gasteiger partial charge on any atom is -0.375 e. The number of nitrogen functional groups attached to an aromatic ring is 1. The zero-order chi connectivity index (χ0) is 15.7. The van der Waals surface area contributed by atoms with Gasteiger partial charge < -0.3 is 5.73 Å². The van der Waals surface area contributed by atoms with Gasteiger partial charge >= 0.3 is 0 Å². The average Bonchev–Trinajstić information content (AvgIpc) is 2.80. The molecule has 0 radical (unpaired) electrons. The molecule has 1 aromatic carbocycles. The standard InChI is InChI=1S/C15H19N3O2S2/c1-10-4-2-3-5-11(10)9-22(19,20)18-12-6-7-13-14(8-12)21-15(16)17-13/h2-5,12,18H,6-9H2,1H3,(H2,16,17). The van der Waals surface area contributed by atoms with Gasteiger partial charge in [-0.1, -0.05) is 24.3 Å². The highest BCUT2D eigenvalue weighted by Crippen LogP contribution is 2.28. The first-order chi connectivity index (χ1) is 10.4. The van der Waals surface area contributed by atoms with Crippen molar-refractivity contribution in [1.29, 1.82) is 0 Å². The number of nitrogens with two attached hydrogens (primary N) is 1. The number of rotatable bonds is 4. The Morgan fingerprint density at radius 2 is 2.18 bits per heavy atom. The SMILES string of the molecule is Cc1ccccc1CS(=O)(=O)NC1CCc2nc(N)sc2C1. The molecule has 1 heterocycles. The van der Waals surface area contributed by atoms with Crippen LogP contribution in [0.15, 0.2) is 24.3 Å². The van der Waals surface area contributed by atoms with E-state index in [0.29, 0.717) is 11.6 Å². The van der Waals surface area contributed by atoms with Crippen LogP contribution in [0, 0.1) is 6.92 Å². The molecule has 0 saturated heterocycles. The van der Waals surface area contributed by atoms with E-state index in [-0.39, 0.29) is 11.8 Å². The van der Waals surface area contributed by atoms with Gasteiger partial charge in [0.2, 0.25) is 10.0 Å². The number of aryl methyl sites for hydroxylation is 2. The summed E-state index contributed by atoms with van der Waals surface area (Å²) in [4.78, 5) is 5.38. The van der Waals surface area contributed by atoms with Crippen molar-refractivity contribution < 1.29 is 8.42 Å². The normalized spacial score (nSPS) is 18.1. The van der Waals surface area contributed by atoms with Crippen molar-refractivity contribution in [3.63, 3.8) is 0 Å². The molecule has 0 fully saturated rings. The third kappa shape index (κ3) is 3.48. The molecule has 5 nitrogen and oxygen atoms in total. The topological polar surface area (TPSA) is 85.1 Å². The smallest absolute Gasteiger partial charge is 0.216 e. The fourth-order valence-corrected chi connectivity index (χ4v) is 5.25. The highest BCUT2D eigenvalue weighted by Gasteiger charge is 2.26. The van der Waals surface area contributed by atoms with E-state index in [2.05, 4.69) is 9.71 Å². The minimum atomic E-state index is -3.35. The number of hydrogen-bond donors (Lipinski definition) is 2. The number of benzene rings is 1. The van der Waals surface area contributed by atoms with Gasteiger partial charge in [0, 0.05) is 17.3 Å². The van der Waals surface area contributed by atoms with E-state index >= 15 is 0 Å². The van der Waals surface area contributed by atoms with Crippen LogP contribution in [0.2, 0.25) is 0 Å². The predicted octanol–water partition coefficient (Wildman–Crippen LogP) is 2.01. The first-order valence-electron chi connectivity index (χ1n) is 7.21. The van der Waals surface area contributed by atoms with Gasteiger partial charge in [0.15, 0.2) is 5.13 Å². The fraction of sp³-hybridized carbons (Fsp3) is 0.400. The Hall–Kier alpha value is -1.44. The lowest BCUT2D eigenvalue weighted by atomic mass is 9.99. The Morgan fingerprint density at radius 3 is 2.95 bits per heavy atom. The van der Waals surface area contributed by atoms with E-state index in [1.807, 2.05) is 31.2 Å². The van der Waals surface area contributed by atoms with Crippen LogP contribution >= 0.6 is 11.3 Å². The molecule has 22 heavy (non-hydrogen) atoms. The van der Waals surface area contributed by atoms with Gasteiger partial charge in [-0.05, 0) is 30.9 Å². The Bertz CT molecular complexity index is 784. The summed E-state index contributed by atoms with van der Waals surface area (Å²) in [5.41, 5.74) is 8.58. The number of nitrogens with zero attached hydrogens (tertiary/aromatic N) is 1. The summed E-state index contributed by atoms with van der Waals surface area (Å²) in [6, 6.07) is 7.50. The lowest BCUT2D eigenvalue weighted by Crippen LogP contribution is -2.39. The average molecular weight is 337 g/mol. The molecule has 0 saturated carbocycles. The monoisotopic (exact) mass is 337 g/mol. The number of sulfonamides is 1. The van der Waals surface area contributed by atoms with Crippen LogP contribution in [-0.4, -0.2) is 19.4 Å². The van der Waals surface area contributed by atoms with Crippen LogP contribution in [0.1, 0.15) is 28.1 Å². The molecule has 3 rings (SSSR count). The van der Waals surface area contributed by atoms with Crippen LogP contribution in [0.3, 0.4) is 0 Å². The summed E-state index contributed by atoms with van der Waals surface area (Å²) in [5, 5.41) is 0.563. The van der Waals surface area contributed by atoms with Crippen molar-refractivity contribution in [1.82, 2.24) is 9.71 Å². The molecule has 7 heteroatoms. The zero-order valence-corrected chi connectivity index (χ0v) is 14.0. The highest BCUT2D eigenvalue weighted by molar-refractivity contribution is 7.88. The van der Waals surface area contributed by atoms with E-state index in [1.54, 1.807) is 0 Å². The van der Waals surface area contributed by atoms with Crippen LogP contribution in [0.25, 0.3) is 0 Å². The van der Waals surface area contributed by atoms with E-state index in [0.717, 1.165) is 34.5 Å².